The van der Waals surface area contributed by atoms with Gasteiger partial charge in [-0.15, -0.1) is 0 Å². The minimum Gasteiger partial charge on any atom is -0.487 e. The topological polar surface area (TPSA) is 81.6 Å². The van der Waals surface area contributed by atoms with Gasteiger partial charge in [-0.1, -0.05) is 0 Å². The van der Waals surface area contributed by atoms with Crippen LogP contribution >= 0.6 is 0 Å². The summed E-state index contributed by atoms with van der Waals surface area (Å²) in [7, 11) is -3.59. The average molecular weight is 363 g/mol. The van der Waals surface area contributed by atoms with E-state index in [9.17, 15) is 8.42 Å². The average Bonchev–Trinajstić information content (AvgIpc) is 3.07. The minimum atomic E-state index is -3.59. The molecule has 3 heterocycles. The lowest BCUT2D eigenvalue weighted by molar-refractivity contribution is 0.213. The van der Waals surface area contributed by atoms with Crippen molar-refractivity contribution in [3.63, 3.8) is 0 Å². The Balaban J connectivity index is 1.69. The van der Waals surface area contributed by atoms with Gasteiger partial charge < -0.3 is 9.47 Å². The highest BCUT2D eigenvalue weighted by Crippen LogP contribution is 2.25. The number of hydrogen-bond donors (Lipinski definition) is 0. The maximum absolute atomic E-state index is 12.7. The van der Waals surface area contributed by atoms with Gasteiger partial charge in [0.25, 0.3) is 0 Å². The summed E-state index contributed by atoms with van der Waals surface area (Å²) in [6, 6.07) is 6.74. The van der Waals surface area contributed by atoms with Gasteiger partial charge in [-0.3, -0.25) is 4.98 Å². The zero-order chi connectivity index (χ0) is 17.9. The zero-order valence-corrected chi connectivity index (χ0v) is 15.1. The molecule has 1 aliphatic rings. The summed E-state index contributed by atoms with van der Waals surface area (Å²) in [6.45, 7) is 4.92. The first-order chi connectivity index (χ1) is 12.0. The van der Waals surface area contributed by atoms with Crippen LogP contribution in [0.5, 0.6) is 11.6 Å². The van der Waals surface area contributed by atoms with Crippen LogP contribution in [0.4, 0.5) is 0 Å². The molecule has 1 aliphatic heterocycles. The highest BCUT2D eigenvalue weighted by molar-refractivity contribution is 7.89. The number of ether oxygens (including phenoxy) is 2. The second-order valence-electron chi connectivity index (χ2n) is 5.74. The van der Waals surface area contributed by atoms with E-state index in [1.165, 1.54) is 16.6 Å². The van der Waals surface area contributed by atoms with Crippen LogP contribution in [-0.2, 0) is 10.0 Å². The van der Waals surface area contributed by atoms with E-state index in [4.69, 9.17) is 9.47 Å². The van der Waals surface area contributed by atoms with Gasteiger partial charge in [0.05, 0.1) is 25.0 Å². The maximum atomic E-state index is 12.7. The second-order valence-corrected chi connectivity index (χ2v) is 7.68. The molecule has 7 nitrogen and oxygen atoms in total. The first-order valence-corrected chi connectivity index (χ1v) is 9.62. The van der Waals surface area contributed by atoms with Crippen LogP contribution in [0.3, 0.4) is 0 Å². The molecule has 0 radical (unpaired) electrons. The first-order valence-electron chi connectivity index (χ1n) is 8.18. The normalized spacial score (nSPS) is 18.2. The lowest BCUT2D eigenvalue weighted by atomic mass is 10.3. The third-order valence-electron chi connectivity index (χ3n) is 4.00. The van der Waals surface area contributed by atoms with E-state index >= 15 is 0 Å². The van der Waals surface area contributed by atoms with Gasteiger partial charge in [-0.25, -0.2) is 13.4 Å². The third kappa shape index (κ3) is 3.91. The Hall–Kier alpha value is -2.19. The molecule has 0 saturated carbocycles. The Morgan fingerprint density at radius 2 is 2.12 bits per heavy atom. The Morgan fingerprint density at radius 1 is 1.28 bits per heavy atom. The Bertz CT molecular complexity index is 824. The molecule has 2 aromatic heterocycles. The van der Waals surface area contributed by atoms with E-state index in [0.717, 1.165) is 5.69 Å². The molecule has 3 rings (SSSR count). The van der Waals surface area contributed by atoms with E-state index in [-0.39, 0.29) is 11.0 Å². The van der Waals surface area contributed by atoms with Crippen molar-refractivity contribution in [3.05, 3.63) is 42.4 Å². The number of aromatic nitrogens is 2. The molecule has 1 saturated heterocycles. The molecule has 134 valence electrons. The van der Waals surface area contributed by atoms with Gasteiger partial charge in [-0.05, 0) is 38.5 Å². The second kappa shape index (κ2) is 7.37. The number of hydrogen-bond acceptors (Lipinski definition) is 6. The van der Waals surface area contributed by atoms with Gasteiger partial charge in [0.1, 0.15) is 16.7 Å². The molecule has 1 fully saturated rings. The summed E-state index contributed by atoms with van der Waals surface area (Å²) >= 11 is 0. The molecular weight excluding hydrogens is 342 g/mol. The Morgan fingerprint density at radius 3 is 2.80 bits per heavy atom. The molecule has 0 amide bonds. The molecule has 0 N–H and O–H groups in total. The van der Waals surface area contributed by atoms with E-state index in [2.05, 4.69) is 9.97 Å². The predicted molar refractivity (Wildman–Crippen MR) is 92.2 cm³/mol. The smallest absolute Gasteiger partial charge is 0.244 e. The number of nitrogens with zero attached hydrogens (tertiary/aromatic N) is 3. The van der Waals surface area contributed by atoms with Crippen LogP contribution in [0.2, 0.25) is 0 Å². The standard InChI is InChI=1S/C17H21N3O4S/c1-3-23-17-7-6-15(11-19-17)25(21,22)20-10-8-14(12-20)24-16-5-4-9-18-13(16)2/h4-7,9,11,14H,3,8,10,12H2,1-2H3. The summed E-state index contributed by atoms with van der Waals surface area (Å²) in [5.41, 5.74) is 0.791. The van der Waals surface area contributed by atoms with E-state index in [1.807, 2.05) is 19.9 Å². The van der Waals surface area contributed by atoms with Crippen molar-refractivity contribution in [2.24, 2.45) is 0 Å². The molecule has 0 aromatic carbocycles. The molecule has 0 spiro atoms. The van der Waals surface area contributed by atoms with Crippen LogP contribution in [0.15, 0.2) is 41.6 Å². The van der Waals surface area contributed by atoms with Crippen molar-refractivity contribution in [1.82, 2.24) is 14.3 Å². The van der Waals surface area contributed by atoms with Crippen molar-refractivity contribution in [2.75, 3.05) is 19.7 Å². The summed E-state index contributed by atoms with van der Waals surface area (Å²) in [5.74, 6) is 1.10. The van der Waals surface area contributed by atoms with Gasteiger partial charge in [0, 0.05) is 18.8 Å². The fourth-order valence-electron chi connectivity index (χ4n) is 2.69. The highest BCUT2D eigenvalue weighted by atomic mass is 32.2. The number of aryl methyl sites for hydroxylation is 1. The van der Waals surface area contributed by atoms with Crippen molar-refractivity contribution >= 4 is 10.0 Å². The van der Waals surface area contributed by atoms with Gasteiger partial charge >= 0.3 is 0 Å². The lowest BCUT2D eigenvalue weighted by Gasteiger charge is -2.17. The monoisotopic (exact) mass is 363 g/mol. The summed E-state index contributed by atoms with van der Waals surface area (Å²) in [4.78, 5) is 8.38. The Kier molecular flexibility index (Phi) is 5.19. The molecule has 2 aromatic rings. The fraction of sp³-hybridized carbons (Fsp3) is 0.412. The SMILES string of the molecule is CCOc1ccc(S(=O)(=O)N2CCC(Oc3cccnc3C)C2)cn1. The molecule has 1 atom stereocenters. The van der Waals surface area contributed by atoms with E-state index in [1.54, 1.807) is 18.3 Å². The number of pyridine rings is 2. The molecule has 0 aliphatic carbocycles. The third-order valence-corrected chi connectivity index (χ3v) is 5.85. The van der Waals surface area contributed by atoms with E-state index in [0.29, 0.717) is 37.7 Å². The van der Waals surface area contributed by atoms with Gasteiger partial charge in [-0.2, -0.15) is 4.31 Å². The minimum absolute atomic E-state index is 0.161. The van der Waals surface area contributed by atoms with Crippen LogP contribution in [-0.4, -0.2) is 48.5 Å². The fourth-order valence-corrected chi connectivity index (χ4v) is 4.12. The van der Waals surface area contributed by atoms with Crippen molar-refractivity contribution < 1.29 is 17.9 Å². The van der Waals surface area contributed by atoms with Crippen molar-refractivity contribution in [2.45, 2.75) is 31.3 Å². The molecule has 1 unspecified atom stereocenters. The first kappa shape index (κ1) is 17.6. The summed E-state index contributed by atoms with van der Waals surface area (Å²) in [6.07, 6.45) is 3.48. The van der Waals surface area contributed by atoms with Crippen LogP contribution in [0, 0.1) is 6.92 Å². The van der Waals surface area contributed by atoms with Gasteiger partial charge in [0.2, 0.25) is 15.9 Å². The van der Waals surface area contributed by atoms with Crippen molar-refractivity contribution in [3.8, 4) is 11.6 Å². The van der Waals surface area contributed by atoms with Crippen LogP contribution < -0.4 is 9.47 Å². The maximum Gasteiger partial charge on any atom is 0.244 e. The van der Waals surface area contributed by atoms with Crippen molar-refractivity contribution in [1.29, 1.82) is 0 Å². The molecule has 8 heteroatoms. The molecule has 0 bridgehead atoms. The highest BCUT2D eigenvalue weighted by Gasteiger charge is 2.34. The van der Waals surface area contributed by atoms with Crippen LogP contribution in [0.1, 0.15) is 19.0 Å². The van der Waals surface area contributed by atoms with Crippen LogP contribution in [0.25, 0.3) is 0 Å². The number of sulfonamides is 1. The summed E-state index contributed by atoms with van der Waals surface area (Å²) in [5, 5.41) is 0. The predicted octanol–water partition coefficient (Wildman–Crippen LogP) is 2.03. The molecular formula is C17H21N3O4S. The van der Waals surface area contributed by atoms with Gasteiger partial charge in [0.15, 0.2) is 0 Å². The largest absolute Gasteiger partial charge is 0.487 e. The molecule has 25 heavy (non-hydrogen) atoms. The lowest BCUT2D eigenvalue weighted by Crippen LogP contribution is -2.31. The Labute approximate surface area is 147 Å². The quantitative estimate of drug-likeness (QED) is 0.781. The zero-order valence-electron chi connectivity index (χ0n) is 14.3. The van der Waals surface area contributed by atoms with E-state index < -0.39 is 10.0 Å². The number of rotatable bonds is 6. The summed E-state index contributed by atoms with van der Waals surface area (Å²) < 4.78 is 38.1.